The van der Waals surface area contributed by atoms with E-state index >= 15 is 0 Å². The van der Waals surface area contributed by atoms with E-state index in [-0.39, 0.29) is 17.1 Å². The van der Waals surface area contributed by atoms with Crippen molar-refractivity contribution in [1.82, 2.24) is 9.88 Å². The summed E-state index contributed by atoms with van der Waals surface area (Å²) in [4.78, 5) is 6.29. The number of pyridine rings is 1. The van der Waals surface area contributed by atoms with E-state index in [1.807, 2.05) is 17.3 Å². The molecule has 0 amide bonds. The molecule has 6 aliphatic rings. The van der Waals surface area contributed by atoms with Gasteiger partial charge >= 0.3 is 0 Å². The zero-order valence-electron chi connectivity index (χ0n) is 22.4. The van der Waals surface area contributed by atoms with Crippen LogP contribution in [0.1, 0.15) is 56.9 Å². The Morgan fingerprint density at radius 3 is 2.64 bits per heavy atom. The average Bonchev–Trinajstić information content (AvgIpc) is 3.57. The van der Waals surface area contributed by atoms with Crippen LogP contribution in [-0.2, 0) is 4.74 Å². The number of allylic oxidation sites excluding steroid dienone is 1. The molecule has 2 unspecified atom stereocenters. The molecular formula is C32H38N2O5. The van der Waals surface area contributed by atoms with Gasteiger partial charge in [0.25, 0.3) is 0 Å². The second-order valence-corrected chi connectivity index (χ2v) is 13.4. The number of likely N-dealkylation sites (tertiary alicyclic amines) is 1. The monoisotopic (exact) mass is 530 g/mol. The summed E-state index contributed by atoms with van der Waals surface area (Å²) in [6, 6.07) is 8.55. The maximum absolute atomic E-state index is 11.4. The number of fused-ring (bicyclic) bond motifs is 2. The molecule has 2 aromatic rings. The smallest absolute Gasteiger partial charge is 0.105 e. The van der Waals surface area contributed by atoms with Crippen LogP contribution in [0.2, 0.25) is 0 Å². The van der Waals surface area contributed by atoms with Crippen molar-refractivity contribution in [1.29, 1.82) is 0 Å². The zero-order chi connectivity index (χ0) is 26.7. The summed E-state index contributed by atoms with van der Waals surface area (Å²) in [5.74, 6) is 0.804. The lowest BCUT2D eigenvalue weighted by Gasteiger charge is -2.56. The molecule has 0 radical (unpaired) electrons. The largest absolute Gasteiger partial charge is 0.389 e. The van der Waals surface area contributed by atoms with Gasteiger partial charge in [0, 0.05) is 36.9 Å². The first-order valence-electron chi connectivity index (χ1n) is 14.7. The molecule has 2 bridgehead atoms. The van der Waals surface area contributed by atoms with E-state index in [4.69, 9.17) is 4.74 Å². The SMILES string of the molecule is C[C@]12CC=C3C=C4[C@H](O)[C@@H](O)[C@@H](N5C[C@H](O)[C@@H](O)C5)C[C@]45CCC3(O5)[C@@H]1CCC2c1ccc2ccncc2c1. The Bertz CT molecular complexity index is 1400. The van der Waals surface area contributed by atoms with Gasteiger partial charge in [0.1, 0.15) is 6.10 Å². The number of aliphatic hydroxyl groups is 4. The molecule has 2 spiro atoms. The summed E-state index contributed by atoms with van der Waals surface area (Å²) in [7, 11) is 0. The molecule has 39 heavy (non-hydrogen) atoms. The van der Waals surface area contributed by atoms with E-state index in [1.54, 1.807) is 0 Å². The first-order valence-corrected chi connectivity index (χ1v) is 14.7. The number of benzene rings is 1. The number of ether oxygens (including phenoxy) is 1. The minimum absolute atomic E-state index is 0.0611. The predicted octanol–water partition coefficient (Wildman–Crippen LogP) is 2.82. The molecule has 4 N–H and O–H groups in total. The Labute approximate surface area is 228 Å². The number of nitrogens with zero attached hydrogens (tertiary/aromatic N) is 2. The van der Waals surface area contributed by atoms with Gasteiger partial charge in [0.15, 0.2) is 0 Å². The summed E-state index contributed by atoms with van der Waals surface area (Å²) in [6.45, 7) is 3.04. The number of hydrogen-bond acceptors (Lipinski definition) is 7. The molecule has 4 fully saturated rings. The first kappa shape index (κ1) is 24.6. The summed E-state index contributed by atoms with van der Waals surface area (Å²) in [5, 5.41) is 45.3. The van der Waals surface area contributed by atoms with Gasteiger partial charge in [-0.15, -0.1) is 0 Å². The normalized spacial score (nSPS) is 46.9. The van der Waals surface area contributed by atoms with Crippen molar-refractivity contribution in [3.05, 3.63) is 65.5 Å². The third-order valence-electron chi connectivity index (χ3n) is 11.7. The van der Waals surface area contributed by atoms with Gasteiger partial charge in [-0.05, 0) is 90.0 Å². The van der Waals surface area contributed by atoms with Crippen LogP contribution in [0.15, 0.2) is 60.0 Å². The highest BCUT2D eigenvalue weighted by molar-refractivity contribution is 5.82. The summed E-state index contributed by atoms with van der Waals surface area (Å²) in [6.07, 6.45) is 10.1. The van der Waals surface area contributed by atoms with E-state index in [9.17, 15) is 20.4 Å². The van der Waals surface area contributed by atoms with Crippen molar-refractivity contribution in [2.75, 3.05) is 13.1 Å². The molecule has 206 valence electrons. The van der Waals surface area contributed by atoms with Gasteiger partial charge in [0.2, 0.25) is 0 Å². The molecule has 7 heteroatoms. The third kappa shape index (κ3) is 3.23. The molecule has 3 aliphatic heterocycles. The minimum Gasteiger partial charge on any atom is -0.389 e. The van der Waals surface area contributed by atoms with Gasteiger partial charge in [-0.2, -0.15) is 0 Å². The predicted molar refractivity (Wildman–Crippen MR) is 146 cm³/mol. The Hall–Kier alpha value is -2.13. The second kappa shape index (κ2) is 8.21. The fourth-order valence-electron chi connectivity index (χ4n) is 9.71. The van der Waals surface area contributed by atoms with Gasteiger partial charge in [-0.1, -0.05) is 31.2 Å². The lowest BCUT2D eigenvalue weighted by atomic mass is 9.58. The number of hydrogen-bond donors (Lipinski definition) is 4. The van der Waals surface area contributed by atoms with Gasteiger partial charge in [-0.3, -0.25) is 9.88 Å². The van der Waals surface area contributed by atoms with E-state index < -0.39 is 30.0 Å². The van der Waals surface area contributed by atoms with Crippen molar-refractivity contribution < 1.29 is 25.2 Å². The van der Waals surface area contributed by atoms with E-state index in [0.717, 1.165) is 37.7 Å². The standard InChI is InChI=1S/C32H38N2O5/c1-30-8-6-21-13-23-28(37)29(38)24(34-16-25(35)26(36)17-34)14-31(23)9-10-32(21,39-31)27(30)5-4-22(30)19-3-2-18-7-11-33-15-20(18)12-19/h2-3,6-7,11-13,15,22,24-29,35-38H,4-5,8-10,14,16-17H2,1H3/t22?,24-,25-,26-,27+,28-,29-,30+,31+,32?/m0/s1. The molecule has 1 aromatic heterocycles. The maximum Gasteiger partial charge on any atom is 0.105 e. The van der Waals surface area contributed by atoms with Crippen molar-refractivity contribution in [3.63, 3.8) is 0 Å². The molecule has 10 atom stereocenters. The molecule has 7 nitrogen and oxygen atoms in total. The molecular weight excluding hydrogens is 492 g/mol. The van der Waals surface area contributed by atoms with Crippen molar-refractivity contribution in [3.8, 4) is 0 Å². The maximum atomic E-state index is 11.4. The summed E-state index contributed by atoms with van der Waals surface area (Å²) >= 11 is 0. The molecule has 2 saturated heterocycles. The van der Waals surface area contributed by atoms with Crippen LogP contribution in [0, 0.1) is 11.3 Å². The molecule has 2 saturated carbocycles. The molecule has 3 aliphatic carbocycles. The van der Waals surface area contributed by atoms with E-state index in [1.165, 1.54) is 21.9 Å². The first-order chi connectivity index (χ1) is 18.7. The van der Waals surface area contributed by atoms with Crippen LogP contribution in [0.4, 0.5) is 0 Å². The highest BCUT2D eigenvalue weighted by Crippen LogP contribution is 2.69. The van der Waals surface area contributed by atoms with Gasteiger partial charge in [0.05, 0.1) is 29.5 Å². The van der Waals surface area contributed by atoms with Crippen molar-refractivity contribution >= 4 is 10.8 Å². The third-order valence-corrected chi connectivity index (χ3v) is 11.7. The van der Waals surface area contributed by atoms with Crippen LogP contribution < -0.4 is 0 Å². The van der Waals surface area contributed by atoms with Crippen LogP contribution in [0.3, 0.4) is 0 Å². The Balaban J connectivity index is 1.15. The van der Waals surface area contributed by atoms with Crippen LogP contribution in [0.25, 0.3) is 10.8 Å². The average molecular weight is 531 g/mol. The number of aromatic nitrogens is 1. The molecule has 1 aromatic carbocycles. The Morgan fingerprint density at radius 1 is 1.00 bits per heavy atom. The number of aliphatic hydroxyl groups excluding tert-OH is 4. The van der Waals surface area contributed by atoms with Crippen LogP contribution in [-0.4, -0.2) is 85.1 Å². The number of β-amino-alcohol motifs (C(OH)–C–C–N with tert-alkyl or cyclic N) is 2. The molecule has 4 heterocycles. The summed E-state index contributed by atoms with van der Waals surface area (Å²) < 4.78 is 7.31. The minimum atomic E-state index is -1.02. The van der Waals surface area contributed by atoms with Crippen LogP contribution in [0.5, 0.6) is 0 Å². The Kier molecular flexibility index (Phi) is 5.19. The quantitative estimate of drug-likeness (QED) is 0.473. The second-order valence-electron chi connectivity index (χ2n) is 13.4. The van der Waals surface area contributed by atoms with E-state index in [2.05, 4.69) is 48.3 Å². The summed E-state index contributed by atoms with van der Waals surface area (Å²) in [5.41, 5.74) is 2.45. The Morgan fingerprint density at radius 2 is 1.82 bits per heavy atom. The zero-order valence-corrected chi connectivity index (χ0v) is 22.4. The van der Waals surface area contributed by atoms with E-state index in [0.29, 0.717) is 31.3 Å². The number of rotatable bonds is 2. The van der Waals surface area contributed by atoms with Gasteiger partial charge in [-0.25, -0.2) is 0 Å². The fourth-order valence-corrected chi connectivity index (χ4v) is 9.71. The van der Waals surface area contributed by atoms with Gasteiger partial charge < -0.3 is 25.2 Å². The highest BCUT2D eigenvalue weighted by atomic mass is 16.5. The fraction of sp³-hybridized carbons (Fsp3) is 0.594. The van der Waals surface area contributed by atoms with Crippen molar-refractivity contribution in [2.45, 2.75) is 93.0 Å². The highest BCUT2D eigenvalue weighted by Gasteiger charge is 2.68. The topological polar surface area (TPSA) is 106 Å². The van der Waals surface area contributed by atoms with Crippen LogP contribution >= 0.6 is 0 Å². The lowest BCUT2D eigenvalue weighted by Crippen LogP contribution is -2.62. The van der Waals surface area contributed by atoms with Crippen molar-refractivity contribution in [2.24, 2.45) is 11.3 Å². The molecule has 8 rings (SSSR count). The lowest BCUT2D eigenvalue weighted by molar-refractivity contribution is -0.167.